The third-order valence-corrected chi connectivity index (χ3v) is 3.40. The Kier molecular flexibility index (Phi) is 5.38. The average molecular weight is 281 g/mol. The minimum atomic E-state index is -0.260. The highest BCUT2D eigenvalue weighted by molar-refractivity contribution is 5.29. The summed E-state index contributed by atoms with van der Waals surface area (Å²) in [4.78, 5) is 0. The van der Waals surface area contributed by atoms with E-state index >= 15 is 0 Å². The van der Waals surface area contributed by atoms with Crippen molar-refractivity contribution in [1.82, 2.24) is 5.32 Å². The molecular weight excluding hydrogens is 257 g/mol. The molecule has 1 aliphatic rings. The summed E-state index contributed by atoms with van der Waals surface area (Å²) < 4.78 is 24.9. The molecule has 3 nitrogen and oxygen atoms in total. The van der Waals surface area contributed by atoms with Crippen LogP contribution in [0.25, 0.3) is 0 Å². The Labute approximate surface area is 120 Å². The maximum atomic E-state index is 13.6. The fourth-order valence-electron chi connectivity index (χ4n) is 2.33. The molecule has 1 fully saturated rings. The van der Waals surface area contributed by atoms with E-state index in [1.807, 2.05) is 6.07 Å². The summed E-state index contributed by atoms with van der Waals surface area (Å²) in [7, 11) is 0. The molecule has 1 aliphatic heterocycles. The van der Waals surface area contributed by atoms with Crippen molar-refractivity contribution in [3.63, 3.8) is 0 Å². The zero-order valence-electron chi connectivity index (χ0n) is 12.5. The van der Waals surface area contributed by atoms with E-state index in [1.54, 1.807) is 0 Å². The molecule has 4 heteroatoms. The fraction of sp³-hybridized carbons (Fsp3) is 0.625. The molecule has 0 radical (unpaired) electrons. The van der Waals surface area contributed by atoms with E-state index in [0.717, 1.165) is 18.4 Å². The van der Waals surface area contributed by atoms with Crippen molar-refractivity contribution in [2.24, 2.45) is 0 Å². The van der Waals surface area contributed by atoms with Gasteiger partial charge >= 0.3 is 0 Å². The molecule has 0 bridgehead atoms. The van der Waals surface area contributed by atoms with E-state index in [4.69, 9.17) is 9.47 Å². The third-order valence-electron chi connectivity index (χ3n) is 3.40. The molecule has 0 amide bonds. The van der Waals surface area contributed by atoms with Gasteiger partial charge in [0, 0.05) is 18.7 Å². The van der Waals surface area contributed by atoms with E-state index in [0.29, 0.717) is 31.0 Å². The Morgan fingerprint density at radius 3 is 2.80 bits per heavy atom. The summed E-state index contributed by atoms with van der Waals surface area (Å²) in [5, 5.41) is 3.27. The van der Waals surface area contributed by atoms with Crippen molar-refractivity contribution in [1.29, 1.82) is 0 Å². The monoisotopic (exact) mass is 281 g/mol. The summed E-state index contributed by atoms with van der Waals surface area (Å²) in [5.41, 5.74) is 0.898. The van der Waals surface area contributed by atoms with Crippen LogP contribution in [0.15, 0.2) is 18.2 Å². The van der Waals surface area contributed by atoms with Gasteiger partial charge in [0.1, 0.15) is 18.2 Å². The zero-order chi connectivity index (χ0) is 14.5. The van der Waals surface area contributed by atoms with Crippen LogP contribution in [0.5, 0.6) is 5.75 Å². The summed E-state index contributed by atoms with van der Waals surface area (Å²) >= 11 is 0. The van der Waals surface area contributed by atoms with Gasteiger partial charge in [-0.25, -0.2) is 4.39 Å². The van der Waals surface area contributed by atoms with Gasteiger partial charge in [0.25, 0.3) is 0 Å². The second-order valence-electron chi connectivity index (χ2n) is 5.79. The molecule has 0 aromatic heterocycles. The molecule has 112 valence electrons. The highest BCUT2D eigenvalue weighted by atomic mass is 19.1. The quantitative estimate of drug-likeness (QED) is 0.868. The SMILES string of the molecule is CC(C)NCc1cc(F)cc(OCC2CCC(C)O2)c1. The van der Waals surface area contributed by atoms with Gasteiger partial charge in [-0.2, -0.15) is 0 Å². The fourth-order valence-corrected chi connectivity index (χ4v) is 2.33. The van der Waals surface area contributed by atoms with Crippen molar-refractivity contribution < 1.29 is 13.9 Å². The van der Waals surface area contributed by atoms with Gasteiger partial charge in [-0.05, 0) is 37.5 Å². The standard InChI is InChI=1S/C16H24FNO2/c1-11(2)18-9-13-6-14(17)8-16(7-13)19-10-15-5-4-12(3)20-15/h6-8,11-12,15,18H,4-5,9-10H2,1-3H3. The molecule has 0 saturated carbocycles. The summed E-state index contributed by atoms with van der Waals surface area (Å²) in [6.07, 6.45) is 2.52. The van der Waals surface area contributed by atoms with E-state index in [-0.39, 0.29) is 11.9 Å². The molecule has 20 heavy (non-hydrogen) atoms. The first-order valence-electron chi connectivity index (χ1n) is 7.34. The first-order valence-corrected chi connectivity index (χ1v) is 7.34. The van der Waals surface area contributed by atoms with Gasteiger partial charge in [0.05, 0.1) is 12.2 Å². The van der Waals surface area contributed by atoms with Gasteiger partial charge < -0.3 is 14.8 Å². The number of halogens is 1. The van der Waals surface area contributed by atoms with Gasteiger partial charge in [-0.1, -0.05) is 13.8 Å². The lowest BCUT2D eigenvalue weighted by Gasteiger charge is -2.14. The van der Waals surface area contributed by atoms with Crippen molar-refractivity contribution >= 4 is 0 Å². The van der Waals surface area contributed by atoms with Crippen LogP contribution in [0.1, 0.15) is 39.2 Å². The lowest BCUT2D eigenvalue weighted by Crippen LogP contribution is -2.22. The van der Waals surface area contributed by atoms with Crippen molar-refractivity contribution in [3.05, 3.63) is 29.6 Å². The predicted octanol–water partition coefficient (Wildman–Crippen LogP) is 3.27. The molecule has 2 atom stereocenters. The van der Waals surface area contributed by atoms with Gasteiger partial charge in [-0.3, -0.25) is 0 Å². The Morgan fingerprint density at radius 1 is 1.35 bits per heavy atom. The first-order chi connectivity index (χ1) is 9.52. The van der Waals surface area contributed by atoms with Crippen LogP contribution >= 0.6 is 0 Å². The van der Waals surface area contributed by atoms with E-state index in [1.165, 1.54) is 12.1 Å². The lowest BCUT2D eigenvalue weighted by molar-refractivity contribution is 0.0264. The van der Waals surface area contributed by atoms with Crippen LogP contribution in [0, 0.1) is 5.82 Å². The van der Waals surface area contributed by atoms with Crippen LogP contribution in [-0.2, 0) is 11.3 Å². The Bertz CT molecular complexity index is 436. The highest BCUT2D eigenvalue weighted by Gasteiger charge is 2.22. The predicted molar refractivity (Wildman–Crippen MR) is 77.4 cm³/mol. The second-order valence-corrected chi connectivity index (χ2v) is 5.79. The summed E-state index contributed by atoms with van der Waals surface area (Å²) in [6, 6.07) is 5.22. The number of nitrogens with one attached hydrogen (secondary N) is 1. The number of benzene rings is 1. The molecule has 0 aliphatic carbocycles. The van der Waals surface area contributed by atoms with Gasteiger partial charge in [0.15, 0.2) is 0 Å². The lowest BCUT2D eigenvalue weighted by atomic mass is 10.2. The summed E-state index contributed by atoms with van der Waals surface area (Å²) in [6.45, 7) is 7.33. The maximum absolute atomic E-state index is 13.6. The normalized spacial score (nSPS) is 22.4. The Morgan fingerprint density at radius 2 is 2.15 bits per heavy atom. The molecule has 1 saturated heterocycles. The van der Waals surface area contributed by atoms with Crippen molar-refractivity contribution in [2.75, 3.05) is 6.61 Å². The van der Waals surface area contributed by atoms with Crippen LogP contribution in [0.2, 0.25) is 0 Å². The summed E-state index contributed by atoms with van der Waals surface area (Å²) in [5.74, 6) is 0.317. The van der Waals surface area contributed by atoms with Gasteiger partial charge in [-0.15, -0.1) is 0 Å². The largest absolute Gasteiger partial charge is 0.491 e. The topological polar surface area (TPSA) is 30.5 Å². The van der Waals surface area contributed by atoms with E-state index in [9.17, 15) is 4.39 Å². The molecule has 2 rings (SSSR count). The minimum Gasteiger partial charge on any atom is -0.491 e. The van der Waals surface area contributed by atoms with E-state index in [2.05, 4.69) is 26.1 Å². The number of ether oxygens (including phenoxy) is 2. The Hall–Kier alpha value is -1.13. The van der Waals surface area contributed by atoms with E-state index < -0.39 is 0 Å². The van der Waals surface area contributed by atoms with Crippen LogP contribution < -0.4 is 10.1 Å². The van der Waals surface area contributed by atoms with Crippen molar-refractivity contribution in [2.45, 2.75) is 58.4 Å². The highest BCUT2D eigenvalue weighted by Crippen LogP contribution is 2.22. The second kappa shape index (κ2) is 7.04. The molecular formula is C16H24FNO2. The molecule has 1 N–H and O–H groups in total. The molecule has 0 spiro atoms. The van der Waals surface area contributed by atoms with Crippen LogP contribution in [0.4, 0.5) is 4.39 Å². The number of hydrogen-bond donors (Lipinski definition) is 1. The molecule has 1 heterocycles. The smallest absolute Gasteiger partial charge is 0.127 e. The first kappa shape index (κ1) is 15.3. The number of hydrogen-bond acceptors (Lipinski definition) is 3. The molecule has 1 aromatic rings. The third kappa shape index (κ3) is 4.76. The van der Waals surface area contributed by atoms with Crippen LogP contribution in [-0.4, -0.2) is 24.9 Å². The Balaban J connectivity index is 1.90. The van der Waals surface area contributed by atoms with Crippen molar-refractivity contribution in [3.8, 4) is 5.75 Å². The van der Waals surface area contributed by atoms with Gasteiger partial charge in [0.2, 0.25) is 0 Å². The molecule has 2 unspecified atom stereocenters. The average Bonchev–Trinajstić information content (AvgIpc) is 2.79. The minimum absolute atomic E-state index is 0.130. The zero-order valence-corrected chi connectivity index (χ0v) is 12.5. The van der Waals surface area contributed by atoms with Crippen LogP contribution in [0.3, 0.4) is 0 Å². The number of rotatable bonds is 6. The maximum Gasteiger partial charge on any atom is 0.127 e. The molecule has 1 aromatic carbocycles.